The molecule has 1 fully saturated rings. The van der Waals surface area contributed by atoms with Gasteiger partial charge in [0.1, 0.15) is 12.4 Å². The molecule has 0 spiro atoms. The van der Waals surface area contributed by atoms with Gasteiger partial charge in [-0.15, -0.1) is 0 Å². The Morgan fingerprint density at radius 1 is 0.917 bits per heavy atom. The van der Waals surface area contributed by atoms with Gasteiger partial charge in [0.25, 0.3) is 5.91 Å². The van der Waals surface area contributed by atoms with Gasteiger partial charge in [0.15, 0.2) is 0 Å². The van der Waals surface area contributed by atoms with E-state index in [0.717, 1.165) is 49.4 Å². The van der Waals surface area contributed by atoms with Crippen molar-refractivity contribution in [3.8, 4) is 5.75 Å². The molecular weight excluding hydrogens is 444 g/mol. The van der Waals surface area contributed by atoms with Crippen LogP contribution in [0.2, 0.25) is 0 Å². The van der Waals surface area contributed by atoms with Crippen LogP contribution < -0.4 is 10.1 Å². The highest BCUT2D eigenvalue weighted by molar-refractivity contribution is 5.95. The summed E-state index contributed by atoms with van der Waals surface area (Å²) in [6.45, 7) is 2.34. The Morgan fingerprint density at radius 3 is 2.47 bits per heavy atom. The van der Waals surface area contributed by atoms with E-state index in [0.29, 0.717) is 18.4 Å². The summed E-state index contributed by atoms with van der Waals surface area (Å²) in [5.41, 5.74) is 5.67. The SMILES string of the molecule is O=C(c1ccc2c(c1)C1C=CCC1C(c1ccc(OCc3ccccc3)cc1)N2)N1CCCCCC1. The quantitative estimate of drug-likeness (QED) is 0.397. The second-order valence-electron chi connectivity index (χ2n) is 10.3. The van der Waals surface area contributed by atoms with E-state index in [1.54, 1.807) is 0 Å². The predicted molar refractivity (Wildman–Crippen MR) is 144 cm³/mol. The zero-order valence-corrected chi connectivity index (χ0v) is 20.7. The van der Waals surface area contributed by atoms with E-state index in [9.17, 15) is 4.79 Å². The number of likely N-dealkylation sites (tertiary alicyclic amines) is 1. The van der Waals surface area contributed by atoms with Gasteiger partial charge in [0.2, 0.25) is 0 Å². The molecule has 3 unspecified atom stereocenters. The van der Waals surface area contributed by atoms with Gasteiger partial charge >= 0.3 is 0 Å². The number of fused-ring (bicyclic) bond motifs is 3. The fraction of sp³-hybridized carbons (Fsp3) is 0.344. The Labute approximate surface area is 214 Å². The lowest BCUT2D eigenvalue weighted by Gasteiger charge is -2.38. The molecule has 0 bridgehead atoms. The molecular formula is C32H34N2O2. The number of benzene rings is 3. The molecule has 1 N–H and O–H groups in total. The molecule has 0 saturated carbocycles. The smallest absolute Gasteiger partial charge is 0.253 e. The average molecular weight is 479 g/mol. The molecule has 4 nitrogen and oxygen atoms in total. The van der Waals surface area contributed by atoms with Crippen molar-refractivity contribution in [1.29, 1.82) is 0 Å². The summed E-state index contributed by atoms with van der Waals surface area (Å²) in [5, 5.41) is 3.81. The fourth-order valence-corrected chi connectivity index (χ4v) is 6.03. The van der Waals surface area contributed by atoms with Crippen molar-refractivity contribution in [2.75, 3.05) is 18.4 Å². The standard InChI is InChI=1S/C32H34N2O2/c35-32(34-19-6-1-2-7-20-34)25-15-18-30-29(21-25)27-11-8-12-28(27)31(33-30)24-13-16-26(17-14-24)36-22-23-9-4-3-5-10-23/h3-5,8-11,13-18,21,27-28,31,33H,1-2,6-7,12,19-20,22H2. The lowest BCUT2D eigenvalue weighted by molar-refractivity contribution is 0.0761. The third-order valence-corrected chi connectivity index (χ3v) is 7.99. The maximum absolute atomic E-state index is 13.3. The molecule has 3 aliphatic rings. The predicted octanol–water partition coefficient (Wildman–Crippen LogP) is 7.11. The number of carbonyl (C=O) groups is 1. The lowest BCUT2D eigenvalue weighted by Crippen LogP contribution is -2.33. The number of rotatable bonds is 5. The Balaban J connectivity index is 1.19. The van der Waals surface area contributed by atoms with Crippen molar-refractivity contribution in [1.82, 2.24) is 4.90 Å². The molecule has 3 aromatic rings. The fourth-order valence-electron chi connectivity index (χ4n) is 6.03. The molecule has 0 radical (unpaired) electrons. The van der Waals surface area contributed by atoms with Crippen LogP contribution in [0.5, 0.6) is 5.75 Å². The van der Waals surface area contributed by atoms with Gasteiger partial charge in [0.05, 0.1) is 6.04 Å². The summed E-state index contributed by atoms with van der Waals surface area (Å²) in [6, 6.07) is 25.3. The summed E-state index contributed by atoms with van der Waals surface area (Å²) in [6.07, 6.45) is 10.4. The highest BCUT2D eigenvalue weighted by Gasteiger charge is 2.38. The number of nitrogens with zero attached hydrogens (tertiary/aromatic N) is 1. The summed E-state index contributed by atoms with van der Waals surface area (Å²) in [5.74, 6) is 1.84. The zero-order chi connectivity index (χ0) is 24.3. The normalized spacial score (nSPS) is 22.8. The maximum atomic E-state index is 13.3. The second kappa shape index (κ2) is 10.2. The summed E-state index contributed by atoms with van der Waals surface area (Å²) in [7, 11) is 0. The zero-order valence-electron chi connectivity index (χ0n) is 20.7. The Morgan fingerprint density at radius 2 is 1.69 bits per heavy atom. The van der Waals surface area contributed by atoms with E-state index >= 15 is 0 Å². The largest absolute Gasteiger partial charge is 0.489 e. The molecule has 3 atom stereocenters. The number of allylic oxidation sites excluding steroid dienone is 2. The van der Waals surface area contributed by atoms with Gasteiger partial charge in [-0.25, -0.2) is 0 Å². The molecule has 2 heterocycles. The molecule has 3 aromatic carbocycles. The van der Waals surface area contributed by atoms with Crippen LogP contribution in [0.4, 0.5) is 5.69 Å². The first-order chi connectivity index (χ1) is 17.8. The maximum Gasteiger partial charge on any atom is 0.253 e. The lowest BCUT2D eigenvalue weighted by atomic mass is 9.76. The van der Waals surface area contributed by atoms with E-state index in [1.807, 2.05) is 24.3 Å². The van der Waals surface area contributed by atoms with Crippen molar-refractivity contribution in [3.05, 3.63) is 107 Å². The minimum absolute atomic E-state index is 0.187. The van der Waals surface area contributed by atoms with E-state index in [1.165, 1.54) is 29.5 Å². The molecule has 4 heteroatoms. The van der Waals surface area contributed by atoms with E-state index in [-0.39, 0.29) is 11.9 Å². The van der Waals surface area contributed by atoms with Crippen molar-refractivity contribution in [3.63, 3.8) is 0 Å². The van der Waals surface area contributed by atoms with E-state index < -0.39 is 0 Å². The highest BCUT2D eigenvalue weighted by atomic mass is 16.5. The van der Waals surface area contributed by atoms with Crippen LogP contribution in [0.3, 0.4) is 0 Å². The first-order valence-electron chi connectivity index (χ1n) is 13.4. The molecule has 36 heavy (non-hydrogen) atoms. The molecule has 1 aliphatic carbocycles. The number of ether oxygens (including phenoxy) is 1. The average Bonchev–Trinajstić information content (AvgIpc) is 3.27. The van der Waals surface area contributed by atoms with Gasteiger partial charge in [-0.2, -0.15) is 0 Å². The third-order valence-electron chi connectivity index (χ3n) is 7.99. The highest BCUT2D eigenvalue weighted by Crippen LogP contribution is 2.50. The first kappa shape index (κ1) is 22.9. The van der Waals surface area contributed by atoms with Crippen molar-refractivity contribution >= 4 is 11.6 Å². The first-order valence-corrected chi connectivity index (χ1v) is 13.4. The number of hydrogen-bond donors (Lipinski definition) is 1. The third kappa shape index (κ3) is 4.65. The van der Waals surface area contributed by atoms with Crippen LogP contribution in [0.1, 0.15) is 71.1 Å². The number of anilines is 1. The number of amides is 1. The second-order valence-corrected chi connectivity index (χ2v) is 10.3. The van der Waals surface area contributed by atoms with Crippen LogP contribution in [0.25, 0.3) is 0 Å². The molecule has 0 aromatic heterocycles. The minimum atomic E-state index is 0.187. The van der Waals surface area contributed by atoms with Crippen molar-refractivity contribution < 1.29 is 9.53 Å². The van der Waals surface area contributed by atoms with Gasteiger partial charge in [-0.3, -0.25) is 4.79 Å². The minimum Gasteiger partial charge on any atom is -0.489 e. The van der Waals surface area contributed by atoms with Crippen LogP contribution in [-0.2, 0) is 6.61 Å². The number of nitrogens with one attached hydrogen (secondary N) is 1. The van der Waals surface area contributed by atoms with Gasteiger partial charge in [-0.1, -0.05) is 67.5 Å². The number of carbonyl (C=O) groups excluding carboxylic acids is 1. The van der Waals surface area contributed by atoms with Crippen LogP contribution in [-0.4, -0.2) is 23.9 Å². The van der Waals surface area contributed by atoms with Crippen LogP contribution in [0, 0.1) is 5.92 Å². The monoisotopic (exact) mass is 478 g/mol. The summed E-state index contributed by atoms with van der Waals surface area (Å²) in [4.78, 5) is 15.3. The van der Waals surface area contributed by atoms with E-state index in [2.05, 4.69) is 70.9 Å². The molecule has 6 rings (SSSR count). The topological polar surface area (TPSA) is 41.6 Å². The molecule has 1 amide bonds. The van der Waals surface area contributed by atoms with Crippen LogP contribution >= 0.6 is 0 Å². The van der Waals surface area contributed by atoms with Gasteiger partial charge < -0.3 is 15.0 Å². The number of hydrogen-bond acceptors (Lipinski definition) is 3. The molecule has 184 valence electrons. The van der Waals surface area contributed by atoms with Crippen LogP contribution in [0.15, 0.2) is 84.9 Å². The van der Waals surface area contributed by atoms with Crippen molar-refractivity contribution in [2.24, 2.45) is 5.92 Å². The Kier molecular flexibility index (Phi) is 6.50. The Hall–Kier alpha value is -3.53. The molecule has 1 saturated heterocycles. The summed E-state index contributed by atoms with van der Waals surface area (Å²) < 4.78 is 6.00. The molecule has 2 aliphatic heterocycles. The van der Waals surface area contributed by atoms with Gasteiger partial charge in [-0.05, 0) is 72.2 Å². The Bertz CT molecular complexity index is 1230. The summed E-state index contributed by atoms with van der Waals surface area (Å²) >= 11 is 0. The van der Waals surface area contributed by atoms with Gasteiger partial charge in [0, 0.05) is 30.3 Å². The van der Waals surface area contributed by atoms with Crippen molar-refractivity contribution in [2.45, 2.75) is 50.7 Å². The van der Waals surface area contributed by atoms with E-state index in [4.69, 9.17) is 4.74 Å².